The zero-order valence-corrected chi connectivity index (χ0v) is 8.66. The van der Waals surface area contributed by atoms with E-state index in [1.807, 2.05) is 0 Å². The Morgan fingerprint density at radius 3 is 2.50 bits per heavy atom. The minimum absolute atomic E-state index is 0.376. The SMILES string of the molecule is Nc1nc(Cl)c(Br)cc1Br. The molecule has 10 heavy (non-hydrogen) atoms. The molecule has 0 bridgehead atoms. The number of pyridine rings is 1. The normalized spacial score (nSPS) is 9.90. The molecular weight excluding hydrogens is 283 g/mol. The second kappa shape index (κ2) is 3.07. The summed E-state index contributed by atoms with van der Waals surface area (Å²) in [4.78, 5) is 3.82. The van der Waals surface area contributed by atoms with Crippen LogP contribution in [-0.2, 0) is 0 Å². The number of rotatable bonds is 0. The molecule has 0 aromatic carbocycles. The molecule has 0 aliphatic rings. The standard InChI is InChI=1S/C5H3Br2ClN2/c6-2-1-3(7)5(9)10-4(2)8/h1H,(H2,9,10). The lowest BCUT2D eigenvalue weighted by Crippen LogP contribution is -1.91. The van der Waals surface area contributed by atoms with E-state index in [9.17, 15) is 0 Å². The summed E-state index contributed by atoms with van der Waals surface area (Å²) in [6.07, 6.45) is 0. The molecule has 0 fully saturated rings. The van der Waals surface area contributed by atoms with Crippen LogP contribution < -0.4 is 5.73 Å². The molecule has 2 nitrogen and oxygen atoms in total. The number of nitrogens with zero attached hydrogens (tertiary/aromatic N) is 1. The van der Waals surface area contributed by atoms with Crippen molar-refractivity contribution in [1.82, 2.24) is 4.98 Å². The average Bonchev–Trinajstić information content (AvgIpc) is 1.84. The molecule has 5 heteroatoms. The third-order valence-corrected chi connectivity index (χ3v) is 2.67. The fourth-order valence-electron chi connectivity index (χ4n) is 0.457. The second-order valence-corrected chi connectivity index (χ2v) is 3.69. The molecule has 1 heterocycles. The number of anilines is 1. The first-order chi connectivity index (χ1) is 4.61. The highest BCUT2D eigenvalue weighted by Crippen LogP contribution is 2.27. The quantitative estimate of drug-likeness (QED) is 0.745. The Balaban J connectivity index is 3.28. The van der Waals surface area contributed by atoms with Crippen LogP contribution in [0.2, 0.25) is 5.15 Å². The Morgan fingerprint density at radius 2 is 2.00 bits per heavy atom. The highest BCUT2D eigenvalue weighted by Gasteiger charge is 2.02. The average molecular weight is 286 g/mol. The van der Waals surface area contributed by atoms with E-state index in [2.05, 4.69) is 36.8 Å². The molecule has 2 N–H and O–H groups in total. The van der Waals surface area contributed by atoms with Crippen LogP contribution in [0.3, 0.4) is 0 Å². The monoisotopic (exact) mass is 284 g/mol. The lowest BCUT2D eigenvalue weighted by molar-refractivity contribution is 1.30. The van der Waals surface area contributed by atoms with Crippen molar-refractivity contribution in [3.8, 4) is 0 Å². The molecule has 0 aliphatic heterocycles. The van der Waals surface area contributed by atoms with Crippen molar-refractivity contribution < 1.29 is 0 Å². The smallest absolute Gasteiger partial charge is 0.145 e. The van der Waals surface area contributed by atoms with Crippen LogP contribution in [0.1, 0.15) is 0 Å². The van der Waals surface area contributed by atoms with Crippen molar-refractivity contribution in [2.75, 3.05) is 5.73 Å². The lowest BCUT2D eigenvalue weighted by atomic mass is 10.5. The van der Waals surface area contributed by atoms with Gasteiger partial charge in [0, 0.05) is 0 Å². The van der Waals surface area contributed by atoms with Gasteiger partial charge in [0.25, 0.3) is 0 Å². The van der Waals surface area contributed by atoms with Crippen LogP contribution in [0, 0.1) is 0 Å². The summed E-state index contributed by atoms with van der Waals surface area (Å²) in [6.45, 7) is 0. The van der Waals surface area contributed by atoms with Gasteiger partial charge in [-0.1, -0.05) is 11.6 Å². The Hall–Kier alpha value is 0.200. The predicted octanol–water partition coefficient (Wildman–Crippen LogP) is 2.84. The maximum Gasteiger partial charge on any atom is 0.145 e. The van der Waals surface area contributed by atoms with Crippen molar-refractivity contribution >= 4 is 49.3 Å². The molecule has 0 aliphatic carbocycles. The van der Waals surface area contributed by atoms with Gasteiger partial charge in [0.15, 0.2) is 0 Å². The third kappa shape index (κ3) is 1.62. The van der Waals surface area contributed by atoms with Gasteiger partial charge in [-0.25, -0.2) is 4.98 Å². The van der Waals surface area contributed by atoms with E-state index in [-0.39, 0.29) is 0 Å². The number of nitrogen functional groups attached to an aromatic ring is 1. The van der Waals surface area contributed by atoms with Crippen molar-refractivity contribution in [2.24, 2.45) is 0 Å². The minimum Gasteiger partial charge on any atom is -0.383 e. The van der Waals surface area contributed by atoms with E-state index >= 15 is 0 Å². The molecule has 0 saturated carbocycles. The molecule has 54 valence electrons. The minimum atomic E-state index is 0.376. The molecule has 1 aromatic rings. The van der Waals surface area contributed by atoms with Gasteiger partial charge >= 0.3 is 0 Å². The van der Waals surface area contributed by atoms with Gasteiger partial charge in [-0.3, -0.25) is 0 Å². The molecular formula is C5H3Br2ClN2. The molecule has 0 atom stereocenters. The summed E-state index contributed by atoms with van der Waals surface area (Å²) in [5.41, 5.74) is 5.43. The molecule has 1 rings (SSSR count). The first-order valence-electron chi connectivity index (χ1n) is 2.38. The number of hydrogen-bond donors (Lipinski definition) is 1. The molecule has 0 saturated heterocycles. The highest BCUT2D eigenvalue weighted by molar-refractivity contribution is 9.11. The van der Waals surface area contributed by atoms with Crippen LogP contribution in [0.25, 0.3) is 0 Å². The molecule has 0 amide bonds. The van der Waals surface area contributed by atoms with Crippen LogP contribution >= 0.6 is 43.5 Å². The van der Waals surface area contributed by atoms with Crippen molar-refractivity contribution in [2.45, 2.75) is 0 Å². The first kappa shape index (κ1) is 8.30. The van der Waals surface area contributed by atoms with Gasteiger partial charge < -0.3 is 5.73 Å². The van der Waals surface area contributed by atoms with Gasteiger partial charge in [0.2, 0.25) is 0 Å². The van der Waals surface area contributed by atoms with E-state index < -0.39 is 0 Å². The molecule has 0 radical (unpaired) electrons. The summed E-state index contributed by atoms with van der Waals surface area (Å²) in [5, 5.41) is 0.376. The van der Waals surface area contributed by atoms with Crippen molar-refractivity contribution in [3.63, 3.8) is 0 Å². The van der Waals surface area contributed by atoms with Crippen LogP contribution in [0.15, 0.2) is 15.0 Å². The number of nitrogens with two attached hydrogens (primary N) is 1. The maximum atomic E-state index is 5.63. The Labute approximate surface area is 80.0 Å². The molecule has 0 unspecified atom stereocenters. The summed E-state index contributed by atoms with van der Waals surface area (Å²) >= 11 is 12.0. The van der Waals surface area contributed by atoms with E-state index in [1.54, 1.807) is 6.07 Å². The number of halogens is 3. The van der Waals surface area contributed by atoms with Crippen LogP contribution in [0.4, 0.5) is 5.82 Å². The maximum absolute atomic E-state index is 5.63. The zero-order chi connectivity index (χ0) is 7.72. The molecule has 0 spiro atoms. The van der Waals surface area contributed by atoms with Crippen LogP contribution in [-0.4, -0.2) is 4.98 Å². The lowest BCUT2D eigenvalue weighted by Gasteiger charge is -1.98. The Morgan fingerprint density at radius 1 is 1.40 bits per heavy atom. The highest BCUT2D eigenvalue weighted by atomic mass is 79.9. The van der Waals surface area contributed by atoms with Gasteiger partial charge in [-0.15, -0.1) is 0 Å². The molecule has 1 aromatic heterocycles. The summed E-state index contributed by atoms with van der Waals surface area (Å²) < 4.78 is 1.47. The number of aromatic nitrogens is 1. The largest absolute Gasteiger partial charge is 0.383 e. The summed E-state index contributed by atoms with van der Waals surface area (Å²) in [5.74, 6) is 0.396. The Kier molecular flexibility index (Phi) is 2.55. The van der Waals surface area contributed by atoms with Gasteiger partial charge in [-0.05, 0) is 37.9 Å². The van der Waals surface area contributed by atoms with Crippen molar-refractivity contribution in [1.29, 1.82) is 0 Å². The fraction of sp³-hybridized carbons (Fsp3) is 0. The van der Waals surface area contributed by atoms with Gasteiger partial charge in [-0.2, -0.15) is 0 Å². The fourth-order valence-corrected chi connectivity index (χ4v) is 1.55. The Bertz CT molecular complexity index is 214. The predicted molar refractivity (Wildman–Crippen MR) is 49.1 cm³/mol. The topological polar surface area (TPSA) is 38.9 Å². The zero-order valence-electron chi connectivity index (χ0n) is 4.74. The van der Waals surface area contributed by atoms with Gasteiger partial charge in [0.05, 0.1) is 8.95 Å². The summed E-state index contributed by atoms with van der Waals surface area (Å²) in [7, 11) is 0. The second-order valence-electron chi connectivity index (χ2n) is 1.63. The first-order valence-corrected chi connectivity index (χ1v) is 4.34. The van der Waals surface area contributed by atoms with Gasteiger partial charge in [0.1, 0.15) is 11.0 Å². The third-order valence-electron chi connectivity index (χ3n) is 0.914. The van der Waals surface area contributed by atoms with E-state index in [1.165, 1.54) is 0 Å². The van der Waals surface area contributed by atoms with Crippen molar-refractivity contribution in [3.05, 3.63) is 20.2 Å². The van der Waals surface area contributed by atoms with E-state index in [0.29, 0.717) is 11.0 Å². The number of hydrogen-bond acceptors (Lipinski definition) is 2. The summed E-state index contributed by atoms with van der Waals surface area (Å²) in [6, 6.07) is 1.75. The van der Waals surface area contributed by atoms with Crippen LogP contribution in [0.5, 0.6) is 0 Å². The van der Waals surface area contributed by atoms with E-state index in [4.69, 9.17) is 17.3 Å². The van der Waals surface area contributed by atoms with E-state index in [0.717, 1.165) is 8.95 Å².